The highest BCUT2D eigenvalue weighted by atomic mass is 16.3. The smallest absolute Gasteiger partial charge is 0.253 e. The molecule has 5 heteroatoms. The summed E-state index contributed by atoms with van der Waals surface area (Å²) in [4.78, 5) is 18.8. The van der Waals surface area contributed by atoms with Gasteiger partial charge < -0.3 is 14.4 Å². The second-order valence-corrected chi connectivity index (χ2v) is 6.62. The number of piperidine rings is 1. The SMILES string of the molecule is O=C(c1cccc(-c2ccco2)c1)N1CCC(O)(c2cccnc2)CC1. The molecule has 0 unspecified atom stereocenters. The van der Waals surface area contributed by atoms with Crippen LogP contribution in [0.4, 0.5) is 0 Å². The summed E-state index contributed by atoms with van der Waals surface area (Å²) in [5.41, 5.74) is 1.41. The molecule has 5 nitrogen and oxygen atoms in total. The molecule has 1 aliphatic rings. The number of aliphatic hydroxyl groups is 1. The van der Waals surface area contributed by atoms with Gasteiger partial charge in [-0.2, -0.15) is 0 Å². The highest BCUT2D eigenvalue weighted by Gasteiger charge is 2.35. The topological polar surface area (TPSA) is 66.6 Å². The number of aromatic nitrogens is 1. The second kappa shape index (κ2) is 6.77. The third kappa shape index (κ3) is 3.13. The zero-order valence-corrected chi connectivity index (χ0v) is 14.3. The fourth-order valence-corrected chi connectivity index (χ4v) is 3.44. The Kier molecular flexibility index (Phi) is 4.31. The normalized spacial score (nSPS) is 16.4. The number of pyridine rings is 1. The highest BCUT2D eigenvalue weighted by Crippen LogP contribution is 2.33. The summed E-state index contributed by atoms with van der Waals surface area (Å²) in [6, 6.07) is 14.9. The molecule has 0 spiro atoms. The molecule has 1 saturated heterocycles. The largest absolute Gasteiger partial charge is 0.464 e. The van der Waals surface area contributed by atoms with E-state index in [1.165, 1.54) is 0 Å². The van der Waals surface area contributed by atoms with Crippen LogP contribution in [-0.4, -0.2) is 34.0 Å². The average molecular weight is 348 g/mol. The predicted octanol–water partition coefficient (Wildman–Crippen LogP) is 3.47. The minimum atomic E-state index is -0.916. The van der Waals surface area contributed by atoms with Gasteiger partial charge in [0.1, 0.15) is 5.76 Å². The van der Waals surface area contributed by atoms with Gasteiger partial charge in [0.05, 0.1) is 11.9 Å². The van der Waals surface area contributed by atoms with Crippen LogP contribution in [0.1, 0.15) is 28.8 Å². The van der Waals surface area contributed by atoms with E-state index in [1.54, 1.807) is 23.6 Å². The lowest BCUT2D eigenvalue weighted by atomic mass is 9.85. The summed E-state index contributed by atoms with van der Waals surface area (Å²) in [5.74, 6) is 0.718. The van der Waals surface area contributed by atoms with Gasteiger partial charge in [-0.3, -0.25) is 9.78 Å². The lowest BCUT2D eigenvalue weighted by Crippen LogP contribution is -2.45. The Hall–Kier alpha value is -2.92. The fraction of sp³-hybridized carbons (Fsp3) is 0.238. The van der Waals surface area contributed by atoms with Gasteiger partial charge in [-0.1, -0.05) is 18.2 Å². The number of furan rings is 1. The molecule has 2 aromatic heterocycles. The van der Waals surface area contributed by atoms with E-state index < -0.39 is 5.60 Å². The quantitative estimate of drug-likeness (QED) is 0.787. The van der Waals surface area contributed by atoms with E-state index in [0.717, 1.165) is 16.9 Å². The molecular formula is C21H20N2O3. The summed E-state index contributed by atoms with van der Waals surface area (Å²) in [6.45, 7) is 1.02. The first-order valence-electron chi connectivity index (χ1n) is 8.72. The zero-order chi connectivity index (χ0) is 18.0. The molecule has 26 heavy (non-hydrogen) atoms. The minimum Gasteiger partial charge on any atom is -0.464 e. The van der Waals surface area contributed by atoms with Crippen molar-refractivity contribution in [3.63, 3.8) is 0 Å². The monoisotopic (exact) mass is 348 g/mol. The Labute approximate surface area is 151 Å². The molecule has 1 N–H and O–H groups in total. The lowest BCUT2D eigenvalue weighted by Gasteiger charge is -2.38. The van der Waals surface area contributed by atoms with Crippen molar-refractivity contribution in [3.8, 4) is 11.3 Å². The number of carbonyl (C=O) groups is 1. The molecule has 1 aliphatic heterocycles. The van der Waals surface area contributed by atoms with E-state index in [9.17, 15) is 9.90 Å². The van der Waals surface area contributed by atoms with E-state index >= 15 is 0 Å². The van der Waals surface area contributed by atoms with E-state index in [1.807, 2.05) is 48.5 Å². The van der Waals surface area contributed by atoms with Gasteiger partial charge in [-0.05, 0) is 43.2 Å². The minimum absolute atomic E-state index is 0.0216. The summed E-state index contributed by atoms with van der Waals surface area (Å²) in [6.07, 6.45) is 6.01. The number of likely N-dealkylation sites (tertiary alicyclic amines) is 1. The molecule has 0 atom stereocenters. The van der Waals surface area contributed by atoms with Crippen LogP contribution in [0.15, 0.2) is 71.6 Å². The Balaban J connectivity index is 1.48. The molecule has 132 valence electrons. The van der Waals surface area contributed by atoms with Crippen molar-refractivity contribution in [2.75, 3.05) is 13.1 Å². The molecule has 3 heterocycles. The third-order valence-electron chi connectivity index (χ3n) is 4.99. The van der Waals surface area contributed by atoms with Gasteiger partial charge >= 0.3 is 0 Å². The average Bonchev–Trinajstić information content (AvgIpc) is 3.24. The number of carbonyl (C=O) groups excluding carboxylic acids is 1. The summed E-state index contributed by atoms with van der Waals surface area (Å²) >= 11 is 0. The zero-order valence-electron chi connectivity index (χ0n) is 14.3. The van der Waals surface area contributed by atoms with Crippen molar-refractivity contribution in [2.45, 2.75) is 18.4 Å². The first-order chi connectivity index (χ1) is 12.7. The maximum atomic E-state index is 12.9. The maximum Gasteiger partial charge on any atom is 0.253 e. The van der Waals surface area contributed by atoms with Crippen molar-refractivity contribution >= 4 is 5.91 Å². The molecule has 0 aliphatic carbocycles. The number of hydrogen-bond acceptors (Lipinski definition) is 4. The van der Waals surface area contributed by atoms with Gasteiger partial charge in [-0.15, -0.1) is 0 Å². The molecule has 0 bridgehead atoms. The predicted molar refractivity (Wildman–Crippen MR) is 97.4 cm³/mol. The van der Waals surface area contributed by atoms with Crippen LogP contribution in [0.5, 0.6) is 0 Å². The number of nitrogens with zero attached hydrogens (tertiary/aromatic N) is 2. The van der Waals surface area contributed by atoms with Crippen molar-refractivity contribution in [1.29, 1.82) is 0 Å². The van der Waals surface area contributed by atoms with E-state index in [2.05, 4.69) is 4.98 Å². The molecule has 1 aromatic carbocycles. The highest BCUT2D eigenvalue weighted by molar-refractivity contribution is 5.95. The Morgan fingerprint density at radius 3 is 2.65 bits per heavy atom. The van der Waals surface area contributed by atoms with Gasteiger partial charge in [-0.25, -0.2) is 0 Å². The molecule has 4 rings (SSSR count). The van der Waals surface area contributed by atoms with E-state index in [4.69, 9.17) is 4.42 Å². The molecule has 1 amide bonds. The summed E-state index contributed by atoms with van der Waals surface area (Å²) in [5, 5.41) is 10.9. The van der Waals surface area contributed by atoms with E-state index in [-0.39, 0.29) is 5.91 Å². The van der Waals surface area contributed by atoms with Crippen LogP contribution >= 0.6 is 0 Å². The van der Waals surface area contributed by atoms with Gasteiger partial charge in [0.2, 0.25) is 0 Å². The molecular weight excluding hydrogens is 328 g/mol. The number of amides is 1. The van der Waals surface area contributed by atoms with Crippen molar-refractivity contribution in [1.82, 2.24) is 9.88 Å². The Morgan fingerprint density at radius 1 is 1.12 bits per heavy atom. The summed E-state index contributed by atoms with van der Waals surface area (Å²) < 4.78 is 5.41. The third-order valence-corrected chi connectivity index (χ3v) is 4.99. The standard InChI is InChI=1S/C21H20N2O3/c24-20(17-5-1-4-16(14-17)19-7-3-13-26-19)23-11-8-21(25,9-12-23)18-6-2-10-22-15-18/h1-7,10,13-15,25H,8-9,11-12H2. The molecule has 0 radical (unpaired) electrons. The van der Waals surface area contributed by atoms with Gasteiger partial charge in [0.25, 0.3) is 5.91 Å². The number of rotatable bonds is 3. The second-order valence-electron chi connectivity index (χ2n) is 6.62. The van der Waals surface area contributed by atoms with Crippen molar-refractivity contribution in [2.24, 2.45) is 0 Å². The first-order valence-corrected chi connectivity index (χ1v) is 8.72. The van der Waals surface area contributed by atoms with Gasteiger partial charge in [0, 0.05) is 42.2 Å². The van der Waals surface area contributed by atoms with Gasteiger partial charge in [0.15, 0.2) is 0 Å². The molecule has 3 aromatic rings. The van der Waals surface area contributed by atoms with Crippen LogP contribution in [-0.2, 0) is 5.60 Å². The van der Waals surface area contributed by atoms with Crippen LogP contribution in [0.2, 0.25) is 0 Å². The molecule has 0 saturated carbocycles. The van der Waals surface area contributed by atoms with Crippen molar-refractivity contribution in [3.05, 3.63) is 78.3 Å². The van der Waals surface area contributed by atoms with E-state index in [0.29, 0.717) is 31.5 Å². The van der Waals surface area contributed by atoms with Crippen LogP contribution in [0.25, 0.3) is 11.3 Å². The summed E-state index contributed by atoms with van der Waals surface area (Å²) in [7, 11) is 0. The number of hydrogen-bond donors (Lipinski definition) is 1. The Bertz CT molecular complexity index is 883. The lowest BCUT2D eigenvalue weighted by molar-refractivity contribution is -0.0213. The van der Waals surface area contributed by atoms with Crippen molar-refractivity contribution < 1.29 is 14.3 Å². The van der Waals surface area contributed by atoms with Crippen LogP contribution in [0.3, 0.4) is 0 Å². The first kappa shape index (κ1) is 16.5. The molecule has 1 fully saturated rings. The van der Waals surface area contributed by atoms with Crippen LogP contribution < -0.4 is 0 Å². The van der Waals surface area contributed by atoms with Crippen LogP contribution in [0, 0.1) is 0 Å². The Morgan fingerprint density at radius 2 is 1.96 bits per heavy atom. The maximum absolute atomic E-state index is 12.9. The number of benzene rings is 1. The fourth-order valence-electron chi connectivity index (χ4n) is 3.44.